The molecule has 0 heterocycles. The quantitative estimate of drug-likeness (QED) is 0.713. The zero-order valence-corrected chi connectivity index (χ0v) is 13.3. The van der Waals surface area contributed by atoms with E-state index in [0.29, 0.717) is 19.1 Å². The Hall–Kier alpha value is 0.220. The molecule has 0 aromatic rings. The molecule has 0 amide bonds. The van der Waals surface area contributed by atoms with E-state index in [1.807, 2.05) is 13.8 Å². The molecule has 6 heteroatoms. The molecule has 18 heavy (non-hydrogen) atoms. The first-order valence-electron chi connectivity index (χ1n) is 6.65. The number of thioether (sulfide) groups is 1. The number of rotatable bonds is 8. The second-order valence-corrected chi connectivity index (χ2v) is 8.54. The molecule has 108 valence electrons. The van der Waals surface area contributed by atoms with Gasteiger partial charge >= 0.3 is 0 Å². The average Bonchev–Trinajstić information content (AvgIpc) is 2.75. The summed E-state index contributed by atoms with van der Waals surface area (Å²) in [6, 6.07) is 0.326. The van der Waals surface area contributed by atoms with Crippen LogP contribution in [0.4, 0.5) is 0 Å². The molecule has 1 aliphatic carbocycles. The summed E-state index contributed by atoms with van der Waals surface area (Å²) in [6.45, 7) is 5.13. The molecule has 2 N–H and O–H groups in total. The van der Waals surface area contributed by atoms with Gasteiger partial charge in [-0.05, 0) is 19.1 Å². The van der Waals surface area contributed by atoms with Crippen LogP contribution < -0.4 is 10.0 Å². The van der Waals surface area contributed by atoms with Crippen molar-refractivity contribution in [2.75, 3.05) is 25.1 Å². The normalized spacial score (nSPS) is 19.6. The van der Waals surface area contributed by atoms with Crippen molar-refractivity contribution in [1.29, 1.82) is 0 Å². The fraction of sp³-hybridized carbons (Fsp3) is 1.00. The van der Waals surface area contributed by atoms with Crippen LogP contribution in [0.2, 0.25) is 0 Å². The zero-order valence-electron chi connectivity index (χ0n) is 11.7. The number of hydrogen-bond donors (Lipinski definition) is 2. The molecular formula is C12H26N2O2S2. The van der Waals surface area contributed by atoms with Crippen LogP contribution in [0.1, 0.15) is 39.5 Å². The molecule has 0 saturated heterocycles. The van der Waals surface area contributed by atoms with Gasteiger partial charge in [0.2, 0.25) is 10.0 Å². The second kappa shape index (κ2) is 7.12. The predicted molar refractivity (Wildman–Crippen MR) is 79.6 cm³/mol. The third-order valence-corrected chi connectivity index (χ3v) is 6.23. The van der Waals surface area contributed by atoms with E-state index in [1.165, 1.54) is 12.8 Å². The van der Waals surface area contributed by atoms with Crippen molar-refractivity contribution in [1.82, 2.24) is 10.0 Å². The van der Waals surface area contributed by atoms with Gasteiger partial charge in [0.1, 0.15) is 0 Å². The first-order chi connectivity index (χ1) is 8.39. The van der Waals surface area contributed by atoms with Gasteiger partial charge < -0.3 is 5.32 Å². The van der Waals surface area contributed by atoms with Crippen molar-refractivity contribution in [2.24, 2.45) is 0 Å². The lowest BCUT2D eigenvalue weighted by molar-refractivity contribution is 0.544. The first-order valence-corrected chi connectivity index (χ1v) is 9.53. The largest absolute Gasteiger partial charge is 0.313 e. The molecule has 0 unspecified atom stereocenters. The van der Waals surface area contributed by atoms with Gasteiger partial charge in [0.15, 0.2) is 0 Å². The van der Waals surface area contributed by atoms with Gasteiger partial charge in [0.05, 0.1) is 5.75 Å². The molecular weight excluding hydrogens is 268 g/mol. The molecule has 4 nitrogen and oxygen atoms in total. The summed E-state index contributed by atoms with van der Waals surface area (Å²) in [4.78, 5) is 0. The molecule has 0 atom stereocenters. The highest BCUT2D eigenvalue weighted by Crippen LogP contribution is 2.39. The van der Waals surface area contributed by atoms with Gasteiger partial charge in [0.25, 0.3) is 0 Å². The van der Waals surface area contributed by atoms with E-state index >= 15 is 0 Å². The maximum absolute atomic E-state index is 11.9. The van der Waals surface area contributed by atoms with Crippen LogP contribution >= 0.6 is 11.8 Å². The van der Waals surface area contributed by atoms with Crippen molar-refractivity contribution in [3.63, 3.8) is 0 Å². The third kappa shape index (κ3) is 5.47. The van der Waals surface area contributed by atoms with Crippen molar-refractivity contribution >= 4 is 21.8 Å². The molecule has 0 aromatic heterocycles. The summed E-state index contributed by atoms with van der Waals surface area (Å²) in [5, 5.41) is 3.13. The predicted octanol–water partition coefficient (Wildman–Crippen LogP) is 1.58. The lowest BCUT2D eigenvalue weighted by Crippen LogP contribution is -2.41. The van der Waals surface area contributed by atoms with E-state index in [-0.39, 0.29) is 10.5 Å². The maximum atomic E-state index is 11.9. The Bertz CT molecular complexity index is 336. The third-order valence-electron chi connectivity index (χ3n) is 3.49. The Kier molecular flexibility index (Phi) is 6.44. The van der Waals surface area contributed by atoms with Gasteiger partial charge in [-0.3, -0.25) is 0 Å². The molecule has 0 radical (unpaired) electrons. The van der Waals surface area contributed by atoms with E-state index in [9.17, 15) is 8.42 Å². The minimum absolute atomic E-state index is 0.137. The minimum Gasteiger partial charge on any atom is -0.313 e. The lowest BCUT2D eigenvalue weighted by Gasteiger charge is -2.26. The summed E-state index contributed by atoms with van der Waals surface area (Å²) in [7, 11) is -3.14. The Labute approximate surface area is 116 Å². The van der Waals surface area contributed by atoms with Gasteiger partial charge in [-0.25, -0.2) is 13.1 Å². The van der Waals surface area contributed by atoms with Gasteiger partial charge in [-0.1, -0.05) is 26.7 Å². The molecule has 0 bridgehead atoms. The van der Waals surface area contributed by atoms with Gasteiger partial charge in [-0.15, -0.1) is 0 Å². The Balaban J connectivity index is 2.36. The van der Waals surface area contributed by atoms with Gasteiger partial charge in [-0.2, -0.15) is 11.8 Å². The Morgan fingerprint density at radius 1 is 1.28 bits per heavy atom. The highest BCUT2D eigenvalue weighted by atomic mass is 32.2. The minimum atomic E-state index is -3.14. The molecule has 0 spiro atoms. The lowest BCUT2D eigenvalue weighted by atomic mass is 10.1. The molecule has 1 aliphatic rings. The van der Waals surface area contributed by atoms with Crippen molar-refractivity contribution < 1.29 is 8.42 Å². The Morgan fingerprint density at radius 3 is 2.39 bits per heavy atom. The van der Waals surface area contributed by atoms with Crippen molar-refractivity contribution in [2.45, 2.75) is 50.3 Å². The van der Waals surface area contributed by atoms with Crippen molar-refractivity contribution in [3.8, 4) is 0 Å². The summed E-state index contributed by atoms with van der Waals surface area (Å²) in [6.07, 6.45) is 6.77. The molecule has 0 aliphatic heterocycles. The van der Waals surface area contributed by atoms with E-state index < -0.39 is 10.0 Å². The number of hydrogen-bond acceptors (Lipinski definition) is 4. The monoisotopic (exact) mass is 294 g/mol. The molecule has 1 fully saturated rings. The van der Waals surface area contributed by atoms with Crippen LogP contribution in [0.15, 0.2) is 0 Å². The van der Waals surface area contributed by atoms with E-state index in [2.05, 4.69) is 16.3 Å². The topological polar surface area (TPSA) is 58.2 Å². The molecule has 1 rings (SSSR count). The molecule has 0 aromatic carbocycles. The van der Waals surface area contributed by atoms with E-state index in [4.69, 9.17) is 0 Å². The van der Waals surface area contributed by atoms with E-state index in [0.717, 1.165) is 12.8 Å². The summed E-state index contributed by atoms with van der Waals surface area (Å²) in [5.74, 6) is 0.162. The zero-order chi connectivity index (χ0) is 13.6. The van der Waals surface area contributed by atoms with Crippen LogP contribution in [0.3, 0.4) is 0 Å². The van der Waals surface area contributed by atoms with Crippen LogP contribution in [-0.2, 0) is 10.0 Å². The van der Waals surface area contributed by atoms with E-state index in [1.54, 1.807) is 11.8 Å². The fourth-order valence-electron chi connectivity index (χ4n) is 2.27. The highest BCUT2D eigenvalue weighted by Gasteiger charge is 2.33. The van der Waals surface area contributed by atoms with Crippen LogP contribution in [0, 0.1) is 0 Å². The van der Waals surface area contributed by atoms with Crippen LogP contribution in [0.5, 0.6) is 0 Å². The summed E-state index contributed by atoms with van der Waals surface area (Å²) in [5.41, 5.74) is 0. The average molecular weight is 294 g/mol. The van der Waals surface area contributed by atoms with Gasteiger partial charge in [0, 0.05) is 23.9 Å². The first kappa shape index (κ1) is 16.3. The SMILES string of the molecule is CSC1(CNS(=O)(=O)CCNC(C)C)CCCC1. The van der Waals surface area contributed by atoms with Crippen molar-refractivity contribution in [3.05, 3.63) is 0 Å². The number of nitrogens with one attached hydrogen (secondary N) is 2. The fourth-order valence-corrected chi connectivity index (χ4v) is 4.30. The smallest absolute Gasteiger partial charge is 0.212 e. The van der Waals surface area contributed by atoms with Crippen LogP contribution in [0.25, 0.3) is 0 Å². The maximum Gasteiger partial charge on any atom is 0.212 e. The van der Waals surface area contributed by atoms with Crippen LogP contribution in [-0.4, -0.2) is 44.3 Å². The highest BCUT2D eigenvalue weighted by molar-refractivity contribution is 8.00. The molecule has 1 saturated carbocycles. The Morgan fingerprint density at radius 2 is 1.89 bits per heavy atom. The summed E-state index contributed by atoms with van der Waals surface area (Å²) >= 11 is 1.81. The number of sulfonamides is 1. The standard InChI is InChI=1S/C12H26N2O2S2/c1-11(2)13-8-9-18(15,16)14-10-12(17-3)6-4-5-7-12/h11,13-14H,4-10H2,1-3H3. The second-order valence-electron chi connectivity index (χ2n) is 5.34. The summed E-state index contributed by atoms with van der Waals surface area (Å²) < 4.78 is 26.6.